The summed E-state index contributed by atoms with van der Waals surface area (Å²) in [5.41, 5.74) is 0. The Hall–Kier alpha value is -0.770. The van der Waals surface area contributed by atoms with Crippen LogP contribution in [0.25, 0.3) is 0 Å². The molecule has 0 aromatic heterocycles. The first-order valence-electron chi connectivity index (χ1n) is 6.73. The number of nitrogens with zero attached hydrogens (tertiary/aromatic N) is 1. The smallest absolute Gasteiger partial charge is 0.190 e. The maximum Gasteiger partial charge on any atom is 0.190 e. The normalized spacial score (nSPS) is 11.9. The molecular formula is C13H29N3O. The molecule has 0 amide bonds. The molecule has 4 nitrogen and oxygen atoms in total. The minimum Gasteiger partial charge on any atom is -0.381 e. The van der Waals surface area contributed by atoms with Gasteiger partial charge in [-0.15, -0.1) is 0 Å². The van der Waals surface area contributed by atoms with Crippen LogP contribution in [-0.4, -0.2) is 39.3 Å². The topological polar surface area (TPSA) is 45.6 Å². The lowest BCUT2D eigenvalue weighted by molar-refractivity contribution is 0.129. The lowest BCUT2D eigenvalue weighted by Crippen LogP contribution is -2.39. The van der Waals surface area contributed by atoms with Crippen molar-refractivity contribution in [2.24, 2.45) is 10.9 Å². The van der Waals surface area contributed by atoms with Gasteiger partial charge < -0.3 is 15.4 Å². The Morgan fingerprint density at radius 2 is 1.88 bits per heavy atom. The van der Waals surface area contributed by atoms with Crippen LogP contribution in [-0.2, 0) is 4.74 Å². The van der Waals surface area contributed by atoms with Gasteiger partial charge in [-0.25, -0.2) is 0 Å². The standard InChI is InChI=1S/C13H29N3O/c1-5-6-9-17-10-7-8-15-13(14-4)16-11-12(2)3/h12H,5-11H2,1-4H3,(H2,14,15,16). The van der Waals surface area contributed by atoms with Gasteiger partial charge in [0, 0.05) is 33.4 Å². The number of guanidine groups is 1. The van der Waals surface area contributed by atoms with Crippen LogP contribution in [0.5, 0.6) is 0 Å². The fourth-order valence-corrected chi connectivity index (χ4v) is 1.25. The largest absolute Gasteiger partial charge is 0.381 e. The molecule has 2 N–H and O–H groups in total. The molecule has 0 saturated heterocycles. The van der Waals surface area contributed by atoms with E-state index in [0.717, 1.165) is 45.1 Å². The minimum atomic E-state index is 0.630. The fraction of sp³-hybridized carbons (Fsp3) is 0.923. The van der Waals surface area contributed by atoms with E-state index in [0.29, 0.717) is 5.92 Å². The van der Waals surface area contributed by atoms with Gasteiger partial charge >= 0.3 is 0 Å². The van der Waals surface area contributed by atoms with E-state index in [-0.39, 0.29) is 0 Å². The third-order valence-corrected chi connectivity index (χ3v) is 2.30. The second-order valence-electron chi connectivity index (χ2n) is 4.59. The first kappa shape index (κ1) is 16.2. The average Bonchev–Trinajstić information content (AvgIpc) is 2.31. The van der Waals surface area contributed by atoms with Crippen molar-refractivity contribution < 1.29 is 4.74 Å². The zero-order valence-corrected chi connectivity index (χ0v) is 11.9. The summed E-state index contributed by atoms with van der Waals surface area (Å²) in [4.78, 5) is 4.16. The average molecular weight is 243 g/mol. The summed E-state index contributed by atoms with van der Waals surface area (Å²) in [7, 11) is 1.80. The number of hydrogen-bond donors (Lipinski definition) is 2. The summed E-state index contributed by atoms with van der Waals surface area (Å²) >= 11 is 0. The second kappa shape index (κ2) is 11.7. The van der Waals surface area contributed by atoms with Crippen molar-refractivity contribution in [1.82, 2.24) is 10.6 Å². The Kier molecular flexibility index (Phi) is 11.2. The fourth-order valence-electron chi connectivity index (χ4n) is 1.25. The van der Waals surface area contributed by atoms with E-state index in [9.17, 15) is 0 Å². The van der Waals surface area contributed by atoms with Gasteiger partial charge in [0.1, 0.15) is 0 Å². The Balaban J connectivity index is 3.38. The highest BCUT2D eigenvalue weighted by Gasteiger charge is 1.98. The maximum atomic E-state index is 5.49. The zero-order chi connectivity index (χ0) is 12.9. The first-order chi connectivity index (χ1) is 8.20. The van der Waals surface area contributed by atoms with Crippen molar-refractivity contribution in [2.75, 3.05) is 33.4 Å². The molecule has 0 aromatic carbocycles. The van der Waals surface area contributed by atoms with Crippen molar-refractivity contribution in [2.45, 2.75) is 40.0 Å². The van der Waals surface area contributed by atoms with Gasteiger partial charge in [0.05, 0.1) is 0 Å². The molecule has 0 heterocycles. The van der Waals surface area contributed by atoms with Crippen LogP contribution in [0.2, 0.25) is 0 Å². The van der Waals surface area contributed by atoms with Crippen LogP contribution in [0.4, 0.5) is 0 Å². The van der Waals surface area contributed by atoms with Gasteiger partial charge in [0.2, 0.25) is 0 Å². The summed E-state index contributed by atoms with van der Waals surface area (Å²) in [6.45, 7) is 10.1. The van der Waals surface area contributed by atoms with Crippen molar-refractivity contribution in [3.63, 3.8) is 0 Å². The van der Waals surface area contributed by atoms with Crippen LogP contribution >= 0.6 is 0 Å². The summed E-state index contributed by atoms with van der Waals surface area (Å²) < 4.78 is 5.49. The molecule has 4 heteroatoms. The maximum absolute atomic E-state index is 5.49. The summed E-state index contributed by atoms with van der Waals surface area (Å²) in [6.07, 6.45) is 3.38. The molecule has 0 aliphatic rings. The minimum absolute atomic E-state index is 0.630. The number of ether oxygens (including phenoxy) is 1. The van der Waals surface area contributed by atoms with E-state index >= 15 is 0 Å². The van der Waals surface area contributed by atoms with Crippen LogP contribution in [0.15, 0.2) is 4.99 Å². The molecule has 0 atom stereocenters. The number of hydrogen-bond acceptors (Lipinski definition) is 2. The van der Waals surface area contributed by atoms with Gasteiger partial charge in [0.15, 0.2) is 5.96 Å². The van der Waals surface area contributed by atoms with E-state index < -0.39 is 0 Å². The van der Waals surface area contributed by atoms with Gasteiger partial charge in [-0.1, -0.05) is 27.2 Å². The first-order valence-corrected chi connectivity index (χ1v) is 6.73. The van der Waals surface area contributed by atoms with E-state index in [2.05, 4.69) is 36.4 Å². The van der Waals surface area contributed by atoms with Crippen LogP contribution in [0, 0.1) is 5.92 Å². The molecule has 0 aliphatic carbocycles. The molecule has 0 aromatic rings. The number of unbranched alkanes of at least 4 members (excludes halogenated alkanes) is 1. The monoisotopic (exact) mass is 243 g/mol. The van der Waals surface area contributed by atoms with Gasteiger partial charge in [-0.2, -0.15) is 0 Å². The second-order valence-corrected chi connectivity index (χ2v) is 4.59. The quantitative estimate of drug-likeness (QED) is 0.370. The molecule has 102 valence electrons. The lowest BCUT2D eigenvalue weighted by Gasteiger charge is -2.13. The van der Waals surface area contributed by atoms with Gasteiger partial charge in [-0.3, -0.25) is 4.99 Å². The predicted molar refractivity (Wildman–Crippen MR) is 74.5 cm³/mol. The third-order valence-electron chi connectivity index (χ3n) is 2.30. The summed E-state index contributed by atoms with van der Waals surface area (Å²) in [5.74, 6) is 1.51. The predicted octanol–water partition coefficient (Wildman–Crippen LogP) is 2.01. The Morgan fingerprint density at radius 3 is 2.47 bits per heavy atom. The van der Waals surface area contributed by atoms with Crippen LogP contribution in [0.3, 0.4) is 0 Å². The van der Waals surface area contributed by atoms with E-state index in [1.54, 1.807) is 7.05 Å². The molecule has 0 spiro atoms. The Morgan fingerprint density at radius 1 is 1.18 bits per heavy atom. The van der Waals surface area contributed by atoms with E-state index in [4.69, 9.17) is 4.74 Å². The number of rotatable bonds is 9. The highest BCUT2D eigenvalue weighted by Crippen LogP contribution is 1.89. The van der Waals surface area contributed by atoms with E-state index in [1.807, 2.05) is 0 Å². The Labute approximate surface area is 106 Å². The molecule has 0 aliphatic heterocycles. The summed E-state index contributed by atoms with van der Waals surface area (Å²) in [6, 6.07) is 0. The van der Waals surface area contributed by atoms with Crippen molar-refractivity contribution >= 4 is 5.96 Å². The molecule has 0 rings (SSSR count). The van der Waals surface area contributed by atoms with Gasteiger partial charge in [0.25, 0.3) is 0 Å². The van der Waals surface area contributed by atoms with Crippen molar-refractivity contribution in [1.29, 1.82) is 0 Å². The number of aliphatic imine (C=N–C) groups is 1. The van der Waals surface area contributed by atoms with Crippen LogP contribution < -0.4 is 10.6 Å². The van der Waals surface area contributed by atoms with E-state index in [1.165, 1.54) is 6.42 Å². The lowest BCUT2D eigenvalue weighted by atomic mass is 10.2. The Bertz CT molecular complexity index is 193. The van der Waals surface area contributed by atoms with Crippen molar-refractivity contribution in [3.8, 4) is 0 Å². The SMILES string of the molecule is CCCCOCCCNC(=NC)NCC(C)C. The number of nitrogens with one attached hydrogen (secondary N) is 2. The molecule has 0 unspecified atom stereocenters. The highest BCUT2D eigenvalue weighted by molar-refractivity contribution is 5.79. The third kappa shape index (κ3) is 11.5. The van der Waals surface area contributed by atoms with Gasteiger partial charge in [-0.05, 0) is 18.8 Å². The van der Waals surface area contributed by atoms with Crippen molar-refractivity contribution in [3.05, 3.63) is 0 Å². The highest BCUT2D eigenvalue weighted by atomic mass is 16.5. The molecule has 17 heavy (non-hydrogen) atoms. The molecule has 0 bridgehead atoms. The summed E-state index contributed by atoms with van der Waals surface area (Å²) in [5, 5.41) is 6.55. The molecular weight excluding hydrogens is 214 g/mol. The zero-order valence-electron chi connectivity index (χ0n) is 11.9. The van der Waals surface area contributed by atoms with Crippen LogP contribution in [0.1, 0.15) is 40.0 Å². The molecule has 0 fully saturated rings. The molecule has 0 saturated carbocycles. The molecule has 0 radical (unpaired) electrons.